The number of carbonyl (C=O) groups is 2. The molecule has 0 N–H and O–H groups in total. The van der Waals surface area contributed by atoms with Gasteiger partial charge in [-0.05, 0) is 39.8 Å². The molecule has 22 heavy (non-hydrogen) atoms. The molecule has 0 spiro atoms. The van der Waals surface area contributed by atoms with Crippen LogP contribution in [-0.2, 0) is 4.74 Å². The Balaban J connectivity index is 1.98. The maximum atomic E-state index is 12.4. The maximum Gasteiger partial charge on any atom is 0.410 e. The van der Waals surface area contributed by atoms with Gasteiger partial charge < -0.3 is 14.5 Å². The van der Waals surface area contributed by atoms with E-state index in [1.807, 2.05) is 58.0 Å². The number of hydrogen-bond acceptors (Lipinski definition) is 3. The Bertz CT molecular complexity index is 537. The first-order chi connectivity index (χ1) is 10.3. The molecule has 1 aromatic rings. The monoisotopic (exact) mass is 304 g/mol. The number of nitrogens with zero attached hydrogens (tertiary/aromatic N) is 2. The van der Waals surface area contributed by atoms with Crippen LogP contribution in [0.15, 0.2) is 30.3 Å². The lowest BCUT2D eigenvalue weighted by Gasteiger charge is -2.40. The van der Waals surface area contributed by atoms with E-state index in [1.54, 1.807) is 9.80 Å². The first kappa shape index (κ1) is 16.3. The molecule has 2 amide bonds. The van der Waals surface area contributed by atoms with Crippen molar-refractivity contribution >= 4 is 12.0 Å². The molecule has 1 heterocycles. The summed E-state index contributed by atoms with van der Waals surface area (Å²) in [7, 11) is 0. The third-order valence-electron chi connectivity index (χ3n) is 3.56. The third kappa shape index (κ3) is 4.00. The Morgan fingerprint density at radius 2 is 1.77 bits per heavy atom. The Hall–Kier alpha value is -2.04. The van der Waals surface area contributed by atoms with Gasteiger partial charge in [-0.25, -0.2) is 4.79 Å². The SMILES string of the molecule is C[C@@H]1CN(C(=O)c2ccccc2)CCN1C(=O)OC(C)(C)C. The number of carbonyl (C=O) groups excluding carboxylic acids is 2. The molecule has 120 valence electrons. The highest BCUT2D eigenvalue weighted by Crippen LogP contribution is 2.17. The molecule has 1 aromatic carbocycles. The number of ether oxygens (including phenoxy) is 1. The molecule has 0 saturated carbocycles. The zero-order valence-electron chi connectivity index (χ0n) is 13.7. The van der Waals surface area contributed by atoms with E-state index in [0.29, 0.717) is 25.2 Å². The van der Waals surface area contributed by atoms with Crippen LogP contribution in [0.4, 0.5) is 4.79 Å². The van der Waals surface area contributed by atoms with Gasteiger partial charge >= 0.3 is 6.09 Å². The second-order valence-corrected chi connectivity index (χ2v) is 6.64. The van der Waals surface area contributed by atoms with Gasteiger partial charge in [0.1, 0.15) is 5.60 Å². The molecule has 2 rings (SSSR count). The summed E-state index contributed by atoms with van der Waals surface area (Å²) in [4.78, 5) is 28.1. The fraction of sp³-hybridized carbons (Fsp3) is 0.529. The van der Waals surface area contributed by atoms with Gasteiger partial charge in [0.25, 0.3) is 5.91 Å². The third-order valence-corrected chi connectivity index (χ3v) is 3.56. The molecule has 0 aromatic heterocycles. The smallest absolute Gasteiger partial charge is 0.410 e. The highest BCUT2D eigenvalue weighted by Gasteiger charge is 2.32. The summed E-state index contributed by atoms with van der Waals surface area (Å²) in [5, 5.41) is 0. The molecule has 0 unspecified atom stereocenters. The lowest BCUT2D eigenvalue weighted by atomic mass is 10.1. The molecule has 1 saturated heterocycles. The molecule has 1 aliphatic rings. The van der Waals surface area contributed by atoms with E-state index >= 15 is 0 Å². The van der Waals surface area contributed by atoms with Crippen LogP contribution in [0.1, 0.15) is 38.1 Å². The number of amides is 2. The molecule has 0 aliphatic carbocycles. The zero-order valence-corrected chi connectivity index (χ0v) is 13.7. The summed E-state index contributed by atoms with van der Waals surface area (Å²) in [5.74, 6) is 0.0105. The summed E-state index contributed by atoms with van der Waals surface area (Å²) in [5.41, 5.74) is 0.175. The predicted octanol–water partition coefficient (Wildman–Crippen LogP) is 2.77. The quantitative estimate of drug-likeness (QED) is 0.801. The Labute approximate surface area is 131 Å². The number of benzene rings is 1. The predicted molar refractivity (Wildman–Crippen MR) is 84.7 cm³/mol. The van der Waals surface area contributed by atoms with Gasteiger partial charge in [0, 0.05) is 31.2 Å². The summed E-state index contributed by atoms with van der Waals surface area (Å²) in [6.45, 7) is 9.04. The minimum atomic E-state index is -0.506. The van der Waals surface area contributed by atoms with E-state index in [2.05, 4.69) is 0 Å². The second kappa shape index (κ2) is 6.38. The fourth-order valence-corrected chi connectivity index (χ4v) is 2.50. The lowest BCUT2D eigenvalue weighted by Crippen LogP contribution is -2.56. The topological polar surface area (TPSA) is 49.9 Å². The van der Waals surface area contributed by atoms with Gasteiger partial charge in [0.15, 0.2) is 0 Å². The molecule has 1 atom stereocenters. The zero-order chi connectivity index (χ0) is 16.3. The molecule has 5 nitrogen and oxygen atoms in total. The first-order valence-corrected chi connectivity index (χ1v) is 7.62. The van der Waals surface area contributed by atoms with Crippen LogP contribution in [0.2, 0.25) is 0 Å². The number of hydrogen-bond donors (Lipinski definition) is 0. The largest absolute Gasteiger partial charge is 0.444 e. The minimum Gasteiger partial charge on any atom is -0.444 e. The summed E-state index contributed by atoms with van der Waals surface area (Å²) in [6, 6.07) is 9.16. The van der Waals surface area contributed by atoms with Crippen LogP contribution in [0.5, 0.6) is 0 Å². The summed E-state index contributed by atoms with van der Waals surface area (Å²) in [6.07, 6.45) is -0.313. The van der Waals surface area contributed by atoms with Gasteiger partial charge in [-0.2, -0.15) is 0 Å². The van der Waals surface area contributed by atoms with E-state index in [1.165, 1.54) is 0 Å². The normalized spacial score (nSPS) is 19.0. The van der Waals surface area contributed by atoms with Crippen molar-refractivity contribution in [3.05, 3.63) is 35.9 Å². The Morgan fingerprint density at radius 1 is 1.14 bits per heavy atom. The van der Waals surface area contributed by atoms with Crippen molar-refractivity contribution in [3.8, 4) is 0 Å². The van der Waals surface area contributed by atoms with E-state index in [-0.39, 0.29) is 18.0 Å². The van der Waals surface area contributed by atoms with Crippen molar-refractivity contribution in [2.24, 2.45) is 0 Å². The van der Waals surface area contributed by atoms with Gasteiger partial charge in [0.2, 0.25) is 0 Å². The Morgan fingerprint density at radius 3 is 2.32 bits per heavy atom. The van der Waals surface area contributed by atoms with Gasteiger partial charge in [0.05, 0.1) is 0 Å². The molecule has 0 bridgehead atoms. The average molecular weight is 304 g/mol. The molecule has 1 fully saturated rings. The van der Waals surface area contributed by atoms with Crippen LogP contribution < -0.4 is 0 Å². The summed E-state index contributed by atoms with van der Waals surface area (Å²) < 4.78 is 5.41. The highest BCUT2D eigenvalue weighted by atomic mass is 16.6. The second-order valence-electron chi connectivity index (χ2n) is 6.64. The molecule has 0 radical (unpaired) electrons. The molecule has 5 heteroatoms. The first-order valence-electron chi connectivity index (χ1n) is 7.62. The van der Waals surface area contributed by atoms with Crippen molar-refractivity contribution in [2.45, 2.75) is 39.3 Å². The van der Waals surface area contributed by atoms with Crippen LogP contribution in [0.25, 0.3) is 0 Å². The highest BCUT2D eigenvalue weighted by molar-refractivity contribution is 5.94. The Kier molecular flexibility index (Phi) is 4.74. The molecule has 1 aliphatic heterocycles. The van der Waals surface area contributed by atoms with Crippen molar-refractivity contribution in [2.75, 3.05) is 19.6 Å². The number of rotatable bonds is 1. The van der Waals surface area contributed by atoms with Gasteiger partial charge in [-0.15, -0.1) is 0 Å². The summed E-state index contributed by atoms with van der Waals surface area (Å²) >= 11 is 0. The van der Waals surface area contributed by atoms with Crippen molar-refractivity contribution in [3.63, 3.8) is 0 Å². The number of piperazine rings is 1. The minimum absolute atomic E-state index is 0.0105. The molecular weight excluding hydrogens is 280 g/mol. The van der Waals surface area contributed by atoms with Gasteiger partial charge in [-0.1, -0.05) is 18.2 Å². The lowest BCUT2D eigenvalue weighted by molar-refractivity contribution is 0.00198. The van der Waals surface area contributed by atoms with Crippen LogP contribution in [0.3, 0.4) is 0 Å². The van der Waals surface area contributed by atoms with E-state index in [0.717, 1.165) is 0 Å². The van der Waals surface area contributed by atoms with Crippen LogP contribution in [0, 0.1) is 0 Å². The maximum absolute atomic E-state index is 12.4. The van der Waals surface area contributed by atoms with Crippen molar-refractivity contribution < 1.29 is 14.3 Å². The fourth-order valence-electron chi connectivity index (χ4n) is 2.50. The van der Waals surface area contributed by atoms with Crippen LogP contribution in [-0.4, -0.2) is 53.1 Å². The van der Waals surface area contributed by atoms with E-state index in [4.69, 9.17) is 4.74 Å². The van der Waals surface area contributed by atoms with E-state index in [9.17, 15) is 9.59 Å². The van der Waals surface area contributed by atoms with Crippen molar-refractivity contribution in [1.82, 2.24) is 9.80 Å². The average Bonchev–Trinajstić information content (AvgIpc) is 2.45. The van der Waals surface area contributed by atoms with Crippen LogP contribution >= 0.6 is 0 Å². The van der Waals surface area contributed by atoms with E-state index < -0.39 is 5.60 Å². The standard InChI is InChI=1S/C17H24N2O3/c1-13-12-18(15(20)14-8-6-5-7-9-14)10-11-19(13)16(21)22-17(2,3)4/h5-9,13H,10-12H2,1-4H3/t13-/m1/s1. The molecular formula is C17H24N2O3. The van der Waals surface area contributed by atoms with Crippen molar-refractivity contribution in [1.29, 1.82) is 0 Å². The van der Waals surface area contributed by atoms with Gasteiger partial charge in [-0.3, -0.25) is 4.79 Å².